The first kappa shape index (κ1) is 19.9. The van der Waals surface area contributed by atoms with Crippen LogP contribution < -0.4 is 5.73 Å². The van der Waals surface area contributed by atoms with E-state index in [1.54, 1.807) is 56.1 Å². The van der Waals surface area contributed by atoms with Crippen LogP contribution in [-0.2, 0) is 4.74 Å². The number of ether oxygens (including phenoxy) is 1. The molecule has 1 aromatic carbocycles. The topological polar surface area (TPSA) is 90.5 Å². The summed E-state index contributed by atoms with van der Waals surface area (Å²) >= 11 is 0. The number of carbonyl (C=O) groups excluding carboxylic acids is 2. The normalized spacial score (nSPS) is 14.6. The predicted octanol–water partition coefficient (Wildman–Crippen LogP) is 3.80. The first-order chi connectivity index (χ1) is 14.1. The number of rotatable bonds is 3. The van der Waals surface area contributed by atoms with Crippen molar-refractivity contribution in [2.75, 3.05) is 18.8 Å². The van der Waals surface area contributed by atoms with Crippen LogP contribution in [0.1, 0.15) is 31.1 Å². The standard InChI is InChI=1S/C22H23FN4O3/c1-22(2,3)30-21(29)26-10-13(11-26)20(28)16-12-27(19-9-25-7-6-15(16)19)18-5-4-14(23)8-17(18)24/h4-9,12-13H,10-11,24H2,1-3H3. The molecule has 4 rings (SSSR count). The smallest absolute Gasteiger partial charge is 0.410 e. The number of halogens is 1. The number of nitrogens with zero attached hydrogens (tertiary/aromatic N) is 3. The summed E-state index contributed by atoms with van der Waals surface area (Å²) in [5, 5.41) is 0.731. The number of nitrogens with two attached hydrogens (primary N) is 1. The number of amides is 1. The van der Waals surface area contributed by atoms with Crippen molar-refractivity contribution < 1.29 is 18.7 Å². The minimum atomic E-state index is -0.582. The summed E-state index contributed by atoms with van der Waals surface area (Å²) in [5.74, 6) is -0.806. The van der Waals surface area contributed by atoms with E-state index in [0.29, 0.717) is 29.9 Å². The lowest BCUT2D eigenvalue weighted by Crippen LogP contribution is -2.54. The number of benzene rings is 1. The quantitative estimate of drug-likeness (QED) is 0.524. The van der Waals surface area contributed by atoms with E-state index in [0.717, 1.165) is 5.39 Å². The number of aromatic nitrogens is 2. The van der Waals surface area contributed by atoms with Crippen LogP contribution >= 0.6 is 0 Å². The Kier molecular flexibility index (Phi) is 4.72. The molecule has 1 aliphatic rings. The highest BCUT2D eigenvalue weighted by atomic mass is 19.1. The van der Waals surface area contributed by atoms with Crippen LogP contribution in [0.2, 0.25) is 0 Å². The number of likely N-dealkylation sites (tertiary alicyclic amines) is 1. The Bertz CT molecular complexity index is 1140. The van der Waals surface area contributed by atoms with Crippen LogP contribution in [0.3, 0.4) is 0 Å². The van der Waals surface area contributed by atoms with E-state index in [2.05, 4.69) is 4.98 Å². The van der Waals surface area contributed by atoms with Crippen molar-refractivity contribution in [2.45, 2.75) is 26.4 Å². The van der Waals surface area contributed by atoms with E-state index in [1.165, 1.54) is 17.0 Å². The van der Waals surface area contributed by atoms with Gasteiger partial charge >= 0.3 is 6.09 Å². The van der Waals surface area contributed by atoms with Crippen molar-refractivity contribution in [3.63, 3.8) is 0 Å². The largest absolute Gasteiger partial charge is 0.444 e. The molecule has 30 heavy (non-hydrogen) atoms. The third-order valence-electron chi connectivity index (χ3n) is 5.03. The average molecular weight is 410 g/mol. The fourth-order valence-electron chi connectivity index (χ4n) is 3.55. The molecule has 1 saturated heterocycles. The monoisotopic (exact) mass is 410 g/mol. The molecular weight excluding hydrogens is 387 g/mol. The molecule has 3 heterocycles. The van der Waals surface area contributed by atoms with E-state index in [1.807, 2.05) is 0 Å². The van der Waals surface area contributed by atoms with Crippen LogP contribution in [0.4, 0.5) is 14.9 Å². The molecule has 156 valence electrons. The molecule has 1 amide bonds. The fourth-order valence-corrected chi connectivity index (χ4v) is 3.55. The number of nitrogen functional groups attached to an aromatic ring is 1. The van der Waals surface area contributed by atoms with Crippen LogP contribution in [0.15, 0.2) is 42.9 Å². The Labute approximate surface area is 173 Å². The van der Waals surface area contributed by atoms with Crippen molar-refractivity contribution in [1.29, 1.82) is 0 Å². The minimum absolute atomic E-state index is 0.0644. The zero-order chi connectivity index (χ0) is 21.6. The molecule has 2 N–H and O–H groups in total. The van der Waals surface area contributed by atoms with Gasteiger partial charge in [-0.2, -0.15) is 0 Å². The predicted molar refractivity (Wildman–Crippen MR) is 111 cm³/mol. The number of hydrogen-bond acceptors (Lipinski definition) is 5. The van der Waals surface area contributed by atoms with Gasteiger partial charge in [0.1, 0.15) is 11.4 Å². The van der Waals surface area contributed by atoms with Crippen LogP contribution in [0.5, 0.6) is 0 Å². The zero-order valence-electron chi connectivity index (χ0n) is 17.1. The van der Waals surface area contributed by atoms with Crippen molar-refractivity contribution in [2.24, 2.45) is 5.92 Å². The van der Waals surface area contributed by atoms with Gasteiger partial charge in [0.2, 0.25) is 0 Å². The first-order valence-corrected chi connectivity index (χ1v) is 9.66. The lowest BCUT2D eigenvalue weighted by atomic mass is 9.91. The van der Waals surface area contributed by atoms with Crippen molar-refractivity contribution in [3.05, 3.63) is 54.2 Å². The second-order valence-electron chi connectivity index (χ2n) is 8.46. The summed E-state index contributed by atoms with van der Waals surface area (Å²) in [7, 11) is 0. The number of anilines is 1. The van der Waals surface area contributed by atoms with Gasteiger partial charge in [-0.1, -0.05) is 0 Å². The molecule has 0 radical (unpaired) electrons. The maximum Gasteiger partial charge on any atom is 0.410 e. The van der Waals surface area contributed by atoms with Crippen molar-refractivity contribution in [3.8, 4) is 5.69 Å². The second-order valence-corrected chi connectivity index (χ2v) is 8.46. The molecule has 0 aliphatic carbocycles. The number of Topliss-reactive ketones (excluding diaryl/α,β-unsaturated/α-hetero) is 1. The summed E-state index contributed by atoms with van der Waals surface area (Å²) in [4.78, 5) is 31.0. The number of ketones is 1. The van der Waals surface area contributed by atoms with Crippen molar-refractivity contribution in [1.82, 2.24) is 14.5 Å². The fraction of sp³-hybridized carbons (Fsp3) is 0.318. The zero-order valence-corrected chi connectivity index (χ0v) is 17.1. The Balaban J connectivity index is 1.61. The highest BCUT2D eigenvalue weighted by Crippen LogP contribution is 2.31. The number of carbonyl (C=O) groups is 2. The van der Waals surface area contributed by atoms with Gasteiger partial charge in [0.25, 0.3) is 0 Å². The number of fused-ring (bicyclic) bond motifs is 1. The van der Waals surface area contributed by atoms with Gasteiger partial charge < -0.3 is 19.9 Å². The van der Waals surface area contributed by atoms with Crippen LogP contribution in [0.25, 0.3) is 16.6 Å². The molecule has 1 aliphatic heterocycles. The van der Waals surface area contributed by atoms with E-state index in [4.69, 9.17) is 10.5 Å². The summed E-state index contributed by atoms with van der Waals surface area (Å²) in [6.45, 7) is 6.03. The minimum Gasteiger partial charge on any atom is -0.444 e. The summed E-state index contributed by atoms with van der Waals surface area (Å²) in [6.07, 6.45) is 4.54. The molecule has 0 atom stereocenters. The molecule has 3 aromatic rings. The van der Waals surface area contributed by atoms with Crippen LogP contribution in [0, 0.1) is 11.7 Å². The molecule has 7 nitrogen and oxygen atoms in total. The Hall–Kier alpha value is -3.42. The second kappa shape index (κ2) is 7.12. The first-order valence-electron chi connectivity index (χ1n) is 9.66. The number of pyridine rings is 1. The van der Waals surface area contributed by atoms with E-state index < -0.39 is 17.5 Å². The van der Waals surface area contributed by atoms with Gasteiger partial charge in [-0.15, -0.1) is 0 Å². The molecule has 0 saturated carbocycles. The summed E-state index contributed by atoms with van der Waals surface area (Å²) in [6, 6.07) is 5.89. The average Bonchev–Trinajstić information content (AvgIpc) is 2.98. The van der Waals surface area contributed by atoms with Crippen molar-refractivity contribution >= 4 is 28.5 Å². The Morgan fingerprint density at radius 1 is 1.23 bits per heavy atom. The Morgan fingerprint density at radius 3 is 2.63 bits per heavy atom. The van der Waals surface area contributed by atoms with Gasteiger partial charge in [-0.25, -0.2) is 9.18 Å². The van der Waals surface area contributed by atoms with Gasteiger partial charge in [0.15, 0.2) is 5.78 Å². The summed E-state index contributed by atoms with van der Waals surface area (Å²) < 4.78 is 20.6. The van der Waals surface area contributed by atoms with E-state index in [-0.39, 0.29) is 17.4 Å². The maximum absolute atomic E-state index is 13.5. The van der Waals surface area contributed by atoms with E-state index >= 15 is 0 Å². The lowest BCUT2D eigenvalue weighted by molar-refractivity contribution is 0.00151. The van der Waals surface area contributed by atoms with Crippen LogP contribution in [-0.4, -0.2) is 45.0 Å². The molecule has 0 bridgehead atoms. The van der Waals surface area contributed by atoms with Gasteiger partial charge in [0.05, 0.1) is 29.0 Å². The third kappa shape index (κ3) is 3.60. The molecule has 8 heteroatoms. The van der Waals surface area contributed by atoms with Gasteiger partial charge in [-0.3, -0.25) is 9.78 Å². The SMILES string of the molecule is CC(C)(C)OC(=O)N1CC(C(=O)c2cn(-c3ccc(F)cc3N)c3cnccc23)C1. The molecular formula is C22H23FN4O3. The molecule has 0 unspecified atom stereocenters. The molecule has 1 fully saturated rings. The van der Waals surface area contributed by atoms with Gasteiger partial charge in [-0.05, 0) is 45.0 Å². The maximum atomic E-state index is 13.5. The highest BCUT2D eigenvalue weighted by Gasteiger charge is 2.39. The van der Waals surface area contributed by atoms with Gasteiger partial charge in [0, 0.05) is 36.4 Å². The highest BCUT2D eigenvalue weighted by molar-refractivity contribution is 6.10. The third-order valence-corrected chi connectivity index (χ3v) is 5.03. The lowest BCUT2D eigenvalue weighted by Gasteiger charge is -2.38. The van der Waals surface area contributed by atoms with E-state index in [9.17, 15) is 14.0 Å². The Morgan fingerprint density at radius 2 is 1.97 bits per heavy atom. The summed E-state index contributed by atoms with van der Waals surface area (Å²) in [5.41, 5.74) is 7.46. The molecule has 0 spiro atoms. The molecule has 2 aromatic heterocycles. The number of hydrogen-bond donors (Lipinski definition) is 1.